The molecule has 3 amide bonds. The normalized spacial score (nSPS) is 16.1. The zero-order chi connectivity index (χ0) is 21.1. The molecule has 3 rings (SSSR count). The van der Waals surface area contributed by atoms with Gasteiger partial charge in [0.2, 0.25) is 0 Å². The van der Waals surface area contributed by atoms with Gasteiger partial charge in [0.25, 0.3) is 5.91 Å². The quantitative estimate of drug-likeness (QED) is 0.530. The van der Waals surface area contributed by atoms with E-state index in [4.69, 9.17) is 4.74 Å². The van der Waals surface area contributed by atoms with Crippen molar-refractivity contribution in [2.24, 2.45) is 0 Å². The first-order valence-electron chi connectivity index (χ1n) is 10.1. The van der Waals surface area contributed by atoms with Crippen LogP contribution in [0.1, 0.15) is 51.7 Å². The molecule has 1 N–H and O–H groups in total. The highest BCUT2D eigenvalue weighted by atomic mass is 16.5. The fourth-order valence-corrected chi connectivity index (χ4v) is 3.57. The van der Waals surface area contributed by atoms with Crippen LogP contribution < -0.4 is 10.1 Å². The van der Waals surface area contributed by atoms with E-state index in [-0.39, 0.29) is 17.4 Å². The number of carbonyl (C=O) groups is 2. The van der Waals surface area contributed by atoms with Gasteiger partial charge < -0.3 is 10.1 Å². The highest BCUT2D eigenvalue weighted by molar-refractivity contribution is 6.06. The van der Waals surface area contributed by atoms with E-state index in [2.05, 4.69) is 55.6 Å². The molecule has 1 heterocycles. The summed E-state index contributed by atoms with van der Waals surface area (Å²) in [6.45, 7) is 8.85. The van der Waals surface area contributed by atoms with E-state index in [1.165, 1.54) is 16.0 Å². The van der Waals surface area contributed by atoms with Gasteiger partial charge in [-0.05, 0) is 49.9 Å². The van der Waals surface area contributed by atoms with Gasteiger partial charge in [0.1, 0.15) is 11.3 Å². The van der Waals surface area contributed by atoms with Crippen molar-refractivity contribution < 1.29 is 14.3 Å². The number of carbonyl (C=O) groups excluding carboxylic acids is 2. The molecule has 0 aromatic heterocycles. The summed E-state index contributed by atoms with van der Waals surface area (Å²) in [5.41, 5.74) is 1.63. The Bertz CT molecular complexity index is 857. The summed E-state index contributed by atoms with van der Waals surface area (Å²) >= 11 is 0. The van der Waals surface area contributed by atoms with Crippen LogP contribution in [0, 0.1) is 0 Å². The molecule has 0 bridgehead atoms. The van der Waals surface area contributed by atoms with E-state index >= 15 is 0 Å². The lowest BCUT2D eigenvalue weighted by Crippen LogP contribution is -2.40. The summed E-state index contributed by atoms with van der Waals surface area (Å²) < 4.78 is 5.83. The first kappa shape index (κ1) is 20.9. The highest BCUT2D eigenvalue weighted by Gasteiger charge is 2.43. The van der Waals surface area contributed by atoms with Gasteiger partial charge in [0.15, 0.2) is 0 Å². The molecular weight excluding hydrogens is 364 g/mol. The third-order valence-electron chi connectivity index (χ3n) is 5.56. The van der Waals surface area contributed by atoms with E-state index in [9.17, 15) is 9.59 Å². The van der Waals surface area contributed by atoms with Crippen molar-refractivity contribution in [2.45, 2.75) is 51.5 Å². The van der Waals surface area contributed by atoms with Crippen LogP contribution in [-0.4, -0.2) is 35.5 Å². The van der Waals surface area contributed by atoms with Gasteiger partial charge in [-0.1, -0.05) is 56.3 Å². The standard InChI is InChI=1S/C24H30N2O3/c1-23(2,18-10-6-5-7-11-18)19-12-14-20(15-13-19)29-17-9-8-16-26-21(27)24(3,4)25-22(26)28/h5-7,10-15H,8-9,16-17H2,1-4H3,(H,25,28). The minimum absolute atomic E-state index is 0.0730. The van der Waals surface area contributed by atoms with Crippen LogP contribution in [0.4, 0.5) is 4.79 Å². The van der Waals surface area contributed by atoms with Crippen molar-refractivity contribution in [1.82, 2.24) is 10.2 Å². The number of benzene rings is 2. The Hall–Kier alpha value is -2.82. The van der Waals surface area contributed by atoms with Gasteiger partial charge in [0.05, 0.1) is 6.61 Å². The predicted octanol–water partition coefficient (Wildman–Crippen LogP) is 4.50. The molecule has 1 fully saturated rings. The Kier molecular flexibility index (Phi) is 5.96. The van der Waals surface area contributed by atoms with E-state index in [0.29, 0.717) is 19.6 Å². The second-order valence-corrected chi connectivity index (χ2v) is 8.58. The summed E-state index contributed by atoms with van der Waals surface area (Å²) in [5.74, 6) is 0.661. The van der Waals surface area contributed by atoms with Gasteiger partial charge >= 0.3 is 6.03 Å². The lowest BCUT2D eigenvalue weighted by molar-refractivity contribution is -0.130. The molecule has 0 atom stereocenters. The molecule has 0 unspecified atom stereocenters. The van der Waals surface area contributed by atoms with Crippen molar-refractivity contribution >= 4 is 11.9 Å². The van der Waals surface area contributed by atoms with Crippen molar-refractivity contribution in [3.63, 3.8) is 0 Å². The number of nitrogens with zero attached hydrogens (tertiary/aromatic N) is 1. The van der Waals surface area contributed by atoms with Crippen molar-refractivity contribution in [2.75, 3.05) is 13.2 Å². The Morgan fingerprint density at radius 3 is 2.14 bits per heavy atom. The SMILES string of the molecule is CC1(C)NC(=O)N(CCCCOc2ccc(C(C)(C)c3ccccc3)cc2)C1=O. The van der Waals surface area contributed by atoms with Crippen LogP contribution in [0.25, 0.3) is 0 Å². The number of nitrogens with one attached hydrogen (secondary N) is 1. The monoisotopic (exact) mass is 394 g/mol. The summed E-state index contributed by atoms with van der Waals surface area (Å²) in [5, 5.41) is 2.70. The number of urea groups is 1. The number of rotatable bonds is 8. The summed E-state index contributed by atoms with van der Waals surface area (Å²) in [4.78, 5) is 25.3. The van der Waals surface area contributed by atoms with E-state index in [1.807, 2.05) is 18.2 Å². The van der Waals surface area contributed by atoms with E-state index < -0.39 is 5.54 Å². The second-order valence-electron chi connectivity index (χ2n) is 8.58. The number of imide groups is 1. The lowest BCUT2D eigenvalue weighted by atomic mass is 9.78. The molecule has 2 aromatic carbocycles. The van der Waals surface area contributed by atoms with Crippen LogP contribution >= 0.6 is 0 Å². The summed E-state index contributed by atoms with van der Waals surface area (Å²) in [6.07, 6.45) is 1.49. The molecule has 1 aliphatic rings. The Labute approximate surface area is 173 Å². The molecule has 0 radical (unpaired) electrons. The number of amides is 3. The highest BCUT2D eigenvalue weighted by Crippen LogP contribution is 2.32. The predicted molar refractivity (Wildman–Crippen MR) is 114 cm³/mol. The van der Waals surface area contributed by atoms with E-state index in [0.717, 1.165) is 12.2 Å². The number of hydrogen-bond donors (Lipinski definition) is 1. The number of unbranched alkanes of at least 4 members (excludes halogenated alkanes) is 1. The van der Waals surface area contributed by atoms with Crippen molar-refractivity contribution in [3.8, 4) is 5.75 Å². The number of hydrogen-bond acceptors (Lipinski definition) is 3. The first-order chi connectivity index (χ1) is 13.7. The van der Waals surface area contributed by atoms with Gasteiger partial charge in [0, 0.05) is 12.0 Å². The first-order valence-corrected chi connectivity index (χ1v) is 10.1. The molecule has 0 saturated carbocycles. The molecular formula is C24H30N2O3. The third kappa shape index (κ3) is 4.61. The van der Waals surface area contributed by atoms with Gasteiger partial charge in [-0.15, -0.1) is 0 Å². The van der Waals surface area contributed by atoms with Crippen LogP contribution in [0.5, 0.6) is 5.75 Å². The smallest absolute Gasteiger partial charge is 0.325 e. The Morgan fingerprint density at radius 2 is 1.55 bits per heavy atom. The summed E-state index contributed by atoms with van der Waals surface area (Å²) in [7, 11) is 0. The van der Waals surface area contributed by atoms with Crippen molar-refractivity contribution in [1.29, 1.82) is 0 Å². The zero-order valence-electron chi connectivity index (χ0n) is 17.7. The molecule has 0 aliphatic carbocycles. The fourth-order valence-electron chi connectivity index (χ4n) is 3.57. The Morgan fingerprint density at radius 1 is 0.931 bits per heavy atom. The fraction of sp³-hybridized carbons (Fsp3) is 0.417. The minimum atomic E-state index is -0.803. The average Bonchev–Trinajstić information content (AvgIpc) is 2.90. The maximum absolute atomic E-state index is 12.1. The Balaban J connectivity index is 1.46. The molecule has 29 heavy (non-hydrogen) atoms. The van der Waals surface area contributed by atoms with Crippen LogP contribution in [0.15, 0.2) is 54.6 Å². The molecule has 1 aliphatic heterocycles. The molecule has 5 heteroatoms. The average molecular weight is 395 g/mol. The molecule has 0 spiro atoms. The van der Waals surface area contributed by atoms with Gasteiger partial charge in [-0.3, -0.25) is 9.69 Å². The topological polar surface area (TPSA) is 58.6 Å². The minimum Gasteiger partial charge on any atom is -0.494 e. The molecule has 1 saturated heterocycles. The second kappa shape index (κ2) is 8.27. The largest absolute Gasteiger partial charge is 0.494 e. The lowest BCUT2D eigenvalue weighted by Gasteiger charge is -2.26. The number of ether oxygens (including phenoxy) is 1. The molecule has 5 nitrogen and oxygen atoms in total. The maximum atomic E-state index is 12.1. The van der Waals surface area contributed by atoms with Crippen LogP contribution in [0.2, 0.25) is 0 Å². The maximum Gasteiger partial charge on any atom is 0.325 e. The molecule has 154 valence electrons. The van der Waals surface area contributed by atoms with Crippen LogP contribution in [0.3, 0.4) is 0 Å². The van der Waals surface area contributed by atoms with Crippen LogP contribution in [-0.2, 0) is 10.2 Å². The van der Waals surface area contributed by atoms with Crippen molar-refractivity contribution in [3.05, 3.63) is 65.7 Å². The molecule has 2 aromatic rings. The summed E-state index contributed by atoms with van der Waals surface area (Å²) in [6, 6.07) is 18.4. The van der Waals surface area contributed by atoms with Gasteiger partial charge in [-0.25, -0.2) is 4.79 Å². The van der Waals surface area contributed by atoms with E-state index in [1.54, 1.807) is 13.8 Å². The third-order valence-corrected chi connectivity index (χ3v) is 5.56. The van der Waals surface area contributed by atoms with Gasteiger partial charge in [-0.2, -0.15) is 0 Å². The zero-order valence-corrected chi connectivity index (χ0v) is 17.7.